The van der Waals surface area contributed by atoms with Crippen LogP contribution in [0.25, 0.3) is 0 Å². The number of aryl methyl sites for hydroxylation is 2. The lowest BCUT2D eigenvalue weighted by atomic mass is 10.1. The zero-order chi connectivity index (χ0) is 21.0. The molecule has 1 amide bonds. The molecule has 1 heterocycles. The lowest BCUT2D eigenvalue weighted by molar-refractivity contribution is 0.102. The van der Waals surface area contributed by atoms with E-state index in [2.05, 4.69) is 10.2 Å². The first-order valence-corrected chi connectivity index (χ1v) is 11.6. The molecule has 1 fully saturated rings. The lowest BCUT2D eigenvalue weighted by Gasteiger charge is -2.33. The second-order valence-corrected chi connectivity index (χ2v) is 9.81. The van der Waals surface area contributed by atoms with Crippen LogP contribution < -0.4 is 5.32 Å². The molecule has 1 aliphatic heterocycles. The third-order valence-corrected chi connectivity index (χ3v) is 7.20. The molecule has 2 aromatic carbocycles. The predicted molar refractivity (Wildman–Crippen MR) is 117 cm³/mol. The first-order chi connectivity index (χ1) is 13.8. The highest BCUT2D eigenvalue weighted by atomic mass is 32.2. The first kappa shape index (κ1) is 21.5. The van der Waals surface area contributed by atoms with E-state index in [1.165, 1.54) is 0 Å². The number of nitrogens with zero attached hydrogens (tertiary/aromatic N) is 2. The van der Waals surface area contributed by atoms with Gasteiger partial charge in [-0.05, 0) is 50.1 Å². The largest absolute Gasteiger partial charge is 0.322 e. The number of sulfonamides is 1. The van der Waals surface area contributed by atoms with Crippen molar-refractivity contribution >= 4 is 21.6 Å². The van der Waals surface area contributed by atoms with Gasteiger partial charge in [-0.15, -0.1) is 0 Å². The zero-order valence-corrected chi connectivity index (χ0v) is 18.1. The van der Waals surface area contributed by atoms with Crippen LogP contribution in [0.15, 0.2) is 42.5 Å². The third-order valence-electron chi connectivity index (χ3n) is 5.31. The number of anilines is 1. The van der Waals surface area contributed by atoms with Crippen LogP contribution in [0.3, 0.4) is 0 Å². The lowest BCUT2D eigenvalue weighted by Crippen LogP contribution is -2.48. The van der Waals surface area contributed by atoms with E-state index in [-0.39, 0.29) is 11.7 Å². The Bertz CT molecular complexity index is 981. The number of hydrogen-bond acceptors (Lipinski definition) is 4. The van der Waals surface area contributed by atoms with E-state index in [4.69, 9.17) is 0 Å². The van der Waals surface area contributed by atoms with Gasteiger partial charge in [0, 0.05) is 44.0 Å². The van der Waals surface area contributed by atoms with E-state index in [9.17, 15) is 13.2 Å². The molecule has 0 unspecified atom stereocenters. The molecule has 0 bridgehead atoms. The fourth-order valence-corrected chi connectivity index (χ4v) is 4.65. The summed E-state index contributed by atoms with van der Waals surface area (Å²) in [7, 11) is -3.12. The van der Waals surface area contributed by atoms with Gasteiger partial charge < -0.3 is 5.32 Å². The Morgan fingerprint density at radius 2 is 1.76 bits per heavy atom. The molecule has 1 N–H and O–H groups in total. The molecular weight excluding hydrogens is 386 g/mol. The number of piperazine rings is 1. The van der Waals surface area contributed by atoms with Crippen molar-refractivity contribution in [3.8, 4) is 0 Å². The van der Waals surface area contributed by atoms with Crippen molar-refractivity contribution in [3.05, 3.63) is 64.7 Å². The second kappa shape index (κ2) is 9.07. The normalized spacial score (nSPS) is 16.0. The molecule has 1 aliphatic rings. The zero-order valence-electron chi connectivity index (χ0n) is 17.3. The Labute approximate surface area is 173 Å². The van der Waals surface area contributed by atoms with Crippen molar-refractivity contribution in [2.75, 3.05) is 37.2 Å². The van der Waals surface area contributed by atoms with Crippen molar-refractivity contribution in [1.29, 1.82) is 0 Å². The summed E-state index contributed by atoms with van der Waals surface area (Å²) in [6, 6.07) is 13.6. The Morgan fingerprint density at radius 3 is 2.41 bits per heavy atom. The van der Waals surface area contributed by atoms with Crippen LogP contribution >= 0.6 is 0 Å². The van der Waals surface area contributed by atoms with Crippen LogP contribution in [0.2, 0.25) is 0 Å². The van der Waals surface area contributed by atoms with Gasteiger partial charge in [0.1, 0.15) is 0 Å². The molecule has 156 valence electrons. The van der Waals surface area contributed by atoms with Gasteiger partial charge in [-0.25, -0.2) is 8.42 Å². The average Bonchev–Trinajstić information content (AvgIpc) is 2.70. The second-order valence-electron chi connectivity index (χ2n) is 7.55. The standard InChI is InChI=1S/C22H29N3O3S/c1-4-29(27,28)25-12-10-24(11-13-25)16-19-6-5-7-20(15-19)22(26)23-21-9-8-17(2)14-18(21)3/h5-9,14-15H,4,10-13,16H2,1-3H3,(H,23,26). The molecule has 0 spiro atoms. The van der Waals surface area contributed by atoms with Crippen molar-refractivity contribution in [2.45, 2.75) is 27.3 Å². The molecule has 6 nitrogen and oxygen atoms in total. The number of carbonyl (C=O) groups excluding carboxylic acids is 1. The van der Waals surface area contributed by atoms with Gasteiger partial charge in [0.05, 0.1) is 5.75 Å². The van der Waals surface area contributed by atoms with E-state index < -0.39 is 10.0 Å². The summed E-state index contributed by atoms with van der Waals surface area (Å²) < 4.78 is 25.6. The van der Waals surface area contributed by atoms with Crippen molar-refractivity contribution < 1.29 is 13.2 Å². The summed E-state index contributed by atoms with van der Waals surface area (Å²) >= 11 is 0. The molecule has 0 aliphatic carbocycles. The van der Waals surface area contributed by atoms with Crippen LogP contribution in [-0.2, 0) is 16.6 Å². The minimum absolute atomic E-state index is 0.127. The number of benzene rings is 2. The Kier molecular flexibility index (Phi) is 6.72. The van der Waals surface area contributed by atoms with Gasteiger partial charge in [0.25, 0.3) is 5.91 Å². The van der Waals surface area contributed by atoms with E-state index in [1.54, 1.807) is 11.2 Å². The molecular formula is C22H29N3O3S. The fourth-order valence-electron chi connectivity index (χ4n) is 3.57. The molecule has 1 saturated heterocycles. The summed E-state index contributed by atoms with van der Waals surface area (Å²) in [4.78, 5) is 14.9. The van der Waals surface area contributed by atoms with Crippen LogP contribution in [0.5, 0.6) is 0 Å². The monoisotopic (exact) mass is 415 g/mol. The van der Waals surface area contributed by atoms with E-state index in [0.717, 1.165) is 22.4 Å². The number of hydrogen-bond donors (Lipinski definition) is 1. The van der Waals surface area contributed by atoms with Gasteiger partial charge in [-0.2, -0.15) is 4.31 Å². The Balaban J connectivity index is 1.62. The third kappa shape index (κ3) is 5.44. The summed E-state index contributed by atoms with van der Waals surface area (Å²) in [5, 5.41) is 2.99. The van der Waals surface area contributed by atoms with E-state index >= 15 is 0 Å². The molecule has 29 heavy (non-hydrogen) atoms. The van der Waals surface area contributed by atoms with Crippen molar-refractivity contribution in [1.82, 2.24) is 9.21 Å². The minimum atomic E-state index is -3.12. The number of rotatable bonds is 6. The van der Waals surface area contributed by atoms with Gasteiger partial charge in [0.2, 0.25) is 10.0 Å². The SMILES string of the molecule is CCS(=O)(=O)N1CCN(Cc2cccc(C(=O)Nc3ccc(C)cc3C)c2)CC1. The molecule has 2 aromatic rings. The van der Waals surface area contributed by atoms with Crippen LogP contribution in [-0.4, -0.2) is 55.5 Å². The van der Waals surface area contributed by atoms with Gasteiger partial charge >= 0.3 is 0 Å². The summed E-state index contributed by atoms with van der Waals surface area (Å²) in [6.45, 7) is 8.81. The van der Waals surface area contributed by atoms with E-state index in [0.29, 0.717) is 38.3 Å². The Hall–Kier alpha value is -2.22. The van der Waals surface area contributed by atoms with Crippen LogP contribution in [0.1, 0.15) is 34.0 Å². The molecule has 3 rings (SSSR count). The Morgan fingerprint density at radius 1 is 1.03 bits per heavy atom. The number of nitrogens with one attached hydrogen (secondary N) is 1. The highest BCUT2D eigenvalue weighted by Gasteiger charge is 2.25. The van der Waals surface area contributed by atoms with Crippen LogP contribution in [0.4, 0.5) is 5.69 Å². The van der Waals surface area contributed by atoms with Crippen molar-refractivity contribution in [2.24, 2.45) is 0 Å². The number of amides is 1. The van der Waals surface area contributed by atoms with Crippen LogP contribution in [0, 0.1) is 13.8 Å². The topological polar surface area (TPSA) is 69.7 Å². The van der Waals surface area contributed by atoms with Gasteiger partial charge in [-0.3, -0.25) is 9.69 Å². The van der Waals surface area contributed by atoms with Crippen molar-refractivity contribution in [3.63, 3.8) is 0 Å². The molecule has 0 aromatic heterocycles. The quantitative estimate of drug-likeness (QED) is 0.787. The maximum Gasteiger partial charge on any atom is 0.255 e. The maximum atomic E-state index is 12.7. The molecule has 7 heteroatoms. The smallest absolute Gasteiger partial charge is 0.255 e. The molecule has 0 saturated carbocycles. The highest BCUT2D eigenvalue weighted by molar-refractivity contribution is 7.89. The molecule has 0 atom stereocenters. The summed E-state index contributed by atoms with van der Waals surface area (Å²) in [6.07, 6.45) is 0. The minimum Gasteiger partial charge on any atom is -0.322 e. The summed E-state index contributed by atoms with van der Waals surface area (Å²) in [5.74, 6) is 0.0163. The maximum absolute atomic E-state index is 12.7. The number of carbonyl (C=O) groups is 1. The summed E-state index contributed by atoms with van der Waals surface area (Å²) in [5.41, 5.74) is 4.68. The highest BCUT2D eigenvalue weighted by Crippen LogP contribution is 2.18. The van der Waals surface area contributed by atoms with Gasteiger partial charge in [0.15, 0.2) is 0 Å². The predicted octanol–water partition coefficient (Wildman–Crippen LogP) is 3.02. The molecule has 0 radical (unpaired) electrons. The fraction of sp³-hybridized carbons (Fsp3) is 0.409. The van der Waals surface area contributed by atoms with Gasteiger partial charge in [-0.1, -0.05) is 29.8 Å². The average molecular weight is 416 g/mol. The first-order valence-electron chi connectivity index (χ1n) is 9.96. The van der Waals surface area contributed by atoms with E-state index in [1.807, 2.05) is 56.3 Å².